The maximum Gasteiger partial charge on any atom is 0.226 e. The van der Waals surface area contributed by atoms with Crippen LogP contribution in [0.25, 0.3) is 0 Å². The Morgan fingerprint density at radius 1 is 1.08 bits per heavy atom. The third kappa shape index (κ3) is 4.73. The number of nitrogens with zero attached hydrogens (tertiary/aromatic N) is 1. The SMILES string of the molecule is CC(=O)N(CCC(=O)Nc1cccc(C)c1)c1c(Cl)cccc1Cl. The van der Waals surface area contributed by atoms with E-state index in [1.165, 1.54) is 11.8 Å². The van der Waals surface area contributed by atoms with Crippen molar-refractivity contribution in [3.05, 3.63) is 58.1 Å². The van der Waals surface area contributed by atoms with Crippen LogP contribution < -0.4 is 10.2 Å². The van der Waals surface area contributed by atoms with Crippen LogP contribution in [0.3, 0.4) is 0 Å². The van der Waals surface area contributed by atoms with Gasteiger partial charge in [-0.25, -0.2) is 0 Å². The zero-order chi connectivity index (χ0) is 17.7. The second-order valence-corrected chi connectivity index (χ2v) is 6.22. The fraction of sp³-hybridized carbons (Fsp3) is 0.222. The summed E-state index contributed by atoms with van der Waals surface area (Å²) < 4.78 is 0. The lowest BCUT2D eigenvalue weighted by molar-refractivity contribution is -0.117. The van der Waals surface area contributed by atoms with Gasteiger partial charge >= 0.3 is 0 Å². The Balaban J connectivity index is 2.07. The van der Waals surface area contributed by atoms with Crippen molar-refractivity contribution in [3.63, 3.8) is 0 Å². The van der Waals surface area contributed by atoms with Crippen LogP contribution in [0.15, 0.2) is 42.5 Å². The molecule has 0 aromatic heterocycles. The number of amides is 2. The number of anilines is 2. The van der Waals surface area contributed by atoms with Gasteiger partial charge in [0, 0.05) is 25.6 Å². The highest BCUT2D eigenvalue weighted by molar-refractivity contribution is 6.39. The van der Waals surface area contributed by atoms with Crippen LogP contribution in [0.2, 0.25) is 10.0 Å². The molecule has 0 atom stereocenters. The lowest BCUT2D eigenvalue weighted by Gasteiger charge is -2.23. The first kappa shape index (κ1) is 18.3. The molecule has 126 valence electrons. The van der Waals surface area contributed by atoms with E-state index in [1.54, 1.807) is 18.2 Å². The van der Waals surface area contributed by atoms with Crippen LogP contribution >= 0.6 is 23.2 Å². The fourth-order valence-corrected chi connectivity index (χ4v) is 2.93. The second kappa shape index (κ2) is 8.18. The normalized spacial score (nSPS) is 10.3. The molecule has 0 aliphatic heterocycles. The molecule has 0 heterocycles. The minimum absolute atomic E-state index is 0.134. The summed E-state index contributed by atoms with van der Waals surface area (Å²) in [5, 5.41) is 3.56. The van der Waals surface area contributed by atoms with E-state index in [0.717, 1.165) is 11.3 Å². The van der Waals surface area contributed by atoms with Gasteiger partial charge in [-0.1, -0.05) is 41.4 Å². The van der Waals surface area contributed by atoms with Crippen molar-refractivity contribution in [1.82, 2.24) is 0 Å². The number of para-hydroxylation sites is 1. The Morgan fingerprint density at radius 2 is 1.71 bits per heavy atom. The summed E-state index contributed by atoms with van der Waals surface area (Å²) in [5.41, 5.74) is 2.21. The number of benzene rings is 2. The van der Waals surface area contributed by atoms with Crippen molar-refractivity contribution in [1.29, 1.82) is 0 Å². The van der Waals surface area contributed by atoms with Gasteiger partial charge in [-0.05, 0) is 36.8 Å². The molecule has 0 aliphatic rings. The Kier molecular flexibility index (Phi) is 6.23. The minimum Gasteiger partial charge on any atom is -0.326 e. The molecule has 0 fully saturated rings. The molecule has 0 bridgehead atoms. The highest BCUT2D eigenvalue weighted by Gasteiger charge is 2.19. The standard InChI is InChI=1S/C18H18Cl2N2O2/c1-12-5-3-6-14(11-12)21-17(24)9-10-22(13(2)23)18-15(19)7-4-8-16(18)20/h3-8,11H,9-10H2,1-2H3,(H,21,24). The molecule has 0 aliphatic carbocycles. The van der Waals surface area contributed by atoms with Gasteiger partial charge in [-0.3, -0.25) is 9.59 Å². The van der Waals surface area contributed by atoms with Crippen LogP contribution in [0, 0.1) is 6.92 Å². The van der Waals surface area contributed by atoms with Crippen LogP contribution in [0.5, 0.6) is 0 Å². The highest BCUT2D eigenvalue weighted by atomic mass is 35.5. The number of halogens is 2. The Morgan fingerprint density at radius 3 is 2.29 bits per heavy atom. The molecular formula is C18H18Cl2N2O2. The van der Waals surface area contributed by atoms with Crippen LogP contribution in [0.1, 0.15) is 18.9 Å². The van der Waals surface area contributed by atoms with Gasteiger partial charge < -0.3 is 10.2 Å². The average molecular weight is 365 g/mol. The highest BCUT2D eigenvalue weighted by Crippen LogP contribution is 2.33. The summed E-state index contributed by atoms with van der Waals surface area (Å²) in [4.78, 5) is 25.5. The van der Waals surface area contributed by atoms with Gasteiger partial charge in [-0.15, -0.1) is 0 Å². The predicted molar refractivity (Wildman–Crippen MR) is 98.9 cm³/mol. The number of carbonyl (C=O) groups excluding carboxylic acids is 2. The summed E-state index contributed by atoms with van der Waals surface area (Å²) >= 11 is 12.3. The number of hydrogen-bond acceptors (Lipinski definition) is 2. The van der Waals surface area contributed by atoms with Crippen molar-refractivity contribution in [3.8, 4) is 0 Å². The van der Waals surface area contributed by atoms with Gasteiger partial charge in [0.2, 0.25) is 11.8 Å². The van der Waals surface area contributed by atoms with E-state index in [1.807, 2.05) is 31.2 Å². The van der Waals surface area contributed by atoms with Crippen LogP contribution in [-0.2, 0) is 9.59 Å². The van der Waals surface area contributed by atoms with Crippen molar-refractivity contribution in [2.24, 2.45) is 0 Å². The molecule has 4 nitrogen and oxygen atoms in total. The molecule has 0 spiro atoms. The third-order valence-corrected chi connectivity index (χ3v) is 4.06. The molecule has 1 N–H and O–H groups in total. The van der Waals surface area contributed by atoms with Gasteiger partial charge in [0.25, 0.3) is 0 Å². The zero-order valence-corrected chi connectivity index (χ0v) is 15.0. The number of hydrogen-bond donors (Lipinski definition) is 1. The smallest absolute Gasteiger partial charge is 0.226 e. The number of carbonyl (C=O) groups is 2. The molecule has 0 saturated heterocycles. The quantitative estimate of drug-likeness (QED) is 0.836. The van der Waals surface area contributed by atoms with Crippen LogP contribution in [0.4, 0.5) is 11.4 Å². The third-order valence-electron chi connectivity index (χ3n) is 3.45. The van der Waals surface area contributed by atoms with Gasteiger partial charge in [-0.2, -0.15) is 0 Å². The van der Waals surface area contributed by atoms with Crippen molar-refractivity contribution in [2.45, 2.75) is 20.3 Å². The Hall–Kier alpha value is -2.04. The van der Waals surface area contributed by atoms with E-state index in [2.05, 4.69) is 5.32 Å². The lowest BCUT2D eigenvalue weighted by Crippen LogP contribution is -2.32. The first-order valence-electron chi connectivity index (χ1n) is 7.47. The van der Waals surface area contributed by atoms with Gasteiger partial charge in [0.1, 0.15) is 0 Å². The second-order valence-electron chi connectivity index (χ2n) is 5.41. The van der Waals surface area contributed by atoms with Crippen LogP contribution in [-0.4, -0.2) is 18.4 Å². The van der Waals surface area contributed by atoms with Crippen molar-refractivity contribution in [2.75, 3.05) is 16.8 Å². The minimum atomic E-state index is -0.228. The Labute approximate surface area is 151 Å². The average Bonchev–Trinajstić information content (AvgIpc) is 2.49. The molecule has 2 rings (SSSR count). The summed E-state index contributed by atoms with van der Waals surface area (Å²) in [5.74, 6) is -0.414. The van der Waals surface area contributed by atoms with Crippen molar-refractivity contribution < 1.29 is 9.59 Å². The zero-order valence-electron chi connectivity index (χ0n) is 13.5. The van der Waals surface area contributed by atoms with Gasteiger partial charge in [0.15, 0.2) is 0 Å². The predicted octanol–water partition coefficient (Wildman–Crippen LogP) is 4.68. The molecule has 2 amide bonds. The largest absolute Gasteiger partial charge is 0.326 e. The number of nitrogens with one attached hydrogen (secondary N) is 1. The number of aryl methyl sites for hydroxylation is 1. The molecule has 24 heavy (non-hydrogen) atoms. The van der Waals surface area contributed by atoms with E-state index in [9.17, 15) is 9.59 Å². The molecule has 2 aromatic carbocycles. The molecular weight excluding hydrogens is 347 g/mol. The summed E-state index contributed by atoms with van der Waals surface area (Å²) in [6, 6.07) is 12.5. The lowest BCUT2D eigenvalue weighted by atomic mass is 10.2. The first-order valence-corrected chi connectivity index (χ1v) is 8.22. The summed E-state index contributed by atoms with van der Waals surface area (Å²) in [6.45, 7) is 3.56. The van der Waals surface area contributed by atoms with Gasteiger partial charge in [0.05, 0.1) is 15.7 Å². The molecule has 2 aromatic rings. The van der Waals surface area contributed by atoms with E-state index >= 15 is 0 Å². The molecule has 0 radical (unpaired) electrons. The first-order chi connectivity index (χ1) is 11.4. The van der Waals surface area contributed by atoms with E-state index in [4.69, 9.17) is 23.2 Å². The number of rotatable bonds is 5. The fourth-order valence-electron chi connectivity index (χ4n) is 2.33. The summed E-state index contributed by atoms with van der Waals surface area (Å²) in [6.07, 6.45) is 0.134. The molecule has 0 saturated carbocycles. The monoisotopic (exact) mass is 364 g/mol. The molecule has 0 unspecified atom stereocenters. The van der Waals surface area contributed by atoms with E-state index < -0.39 is 0 Å². The van der Waals surface area contributed by atoms with E-state index in [-0.39, 0.29) is 24.8 Å². The maximum absolute atomic E-state index is 12.1. The Bertz CT molecular complexity index is 742. The van der Waals surface area contributed by atoms with Crippen molar-refractivity contribution >= 4 is 46.4 Å². The maximum atomic E-state index is 12.1. The molecule has 6 heteroatoms. The van der Waals surface area contributed by atoms with E-state index in [0.29, 0.717) is 15.7 Å². The topological polar surface area (TPSA) is 49.4 Å². The summed E-state index contributed by atoms with van der Waals surface area (Å²) in [7, 11) is 0.